The highest BCUT2D eigenvalue weighted by molar-refractivity contribution is 5.97. The number of para-hydroxylation sites is 1. The van der Waals surface area contributed by atoms with Gasteiger partial charge in [0.25, 0.3) is 5.91 Å². The van der Waals surface area contributed by atoms with Crippen molar-refractivity contribution >= 4 is 28.3 Å². The van der Waals surface area contributed by atoms with Crippen LogP contribution in [0.3, 0.4) is 0 Å². The molecule has 9 heteroatoms. The molecule has 4 aromatic rings. The molecule has 1 aromatic carbocycles. The highest BCUT2D eigenvalue weighted by Crippen LogP contribution is 2.28. The number of aromatic nitrogens is 4. The molecule has 0 saturated carbocycles. The molecule has 4 heterocycles. The number of ether oxygens (including phenoxy) is 1. The molecule has 1 amide bonds. The lowest BCUT2D eigenvalue weighted by Crippen LogP contribution is -2.37. The quantitative estimate of drug-likeness (QED) is 0.579. The van der Waals surface area contributed by atoms with Crippen LogP contribution in [0, 0.1) is 0 Å². The molecule has 1 saturated heterocycles. The van der Waals surface area contributed by atoms with Crippen molar-refractivity contribution < 1.29 is 13.9 Å². The third-order valence-electron chi connectivity index (χ3n) is 4.97. The number of nitrogens with one attached hydrogen (secondary N) is 1. The number of anilines is 1. The molecule has 5 rings (SSSR count). The van der Waals surface area contributed by atoms with Gasteiger partial charge in [0, 0.05) is 36.9 Å². The first-order chi connectivity index (χ1) is 13.7. The summed E-state index contributed by atoms with van der Waals surface area (Å²) in [5, 5.41) is 11.9. The molecule has 1 fully saturated rings. The van der Waals surface area contributed by atoms with Crippen molar-refractivity contribution in [1.29, 1.82) is 0 Å². The Morgan fingerprint density at radius 3 is 3.21 bits per heavy atom. The summed E-state index contributed by atoms with van der Waals surface area (Å²) in [6, 6.07) is 7.29. The van der Waals surface area contributed by atoms with Crippen LogP contribution in [0.25, 0.3) is 16.6 Å². The van der Waals surface area contributed by atoms with Gasteiger partial charge in [-0.2, -0.15) is 0 Å². The molecule has 0 radical (unpaired) electrons. The second-order valence-corrected chi connectivity index (χ2v) is 6.71. The molecule has 0 aliphatic carbocycles. The number of methoxy groups -OCH3 is 1. The zero-order chi connectivity index (χ0) is 19.1. The standard InChI is InChI=1S/C19H18N6O3/c1-27-14-4-2-3-12-9-15(28-16(12)14)19(26)22-13-5-7-24(10-13)17-18-23-21-11-25(18)8-6-20-17/h2-4,6,8-9,11,13H,5,7,10H2,1H3,(H,22,26)/t13-/m1/s1. The maximum Gasteiger partial charge on any atom is 0.287 e. The van der Waals surface area contributed by atoms with Crippen LogP contribution < -0.4 is 15.0 Å². The van der Waals surface area contributed by atoms with Gasteiger partial charge in [0.1, 0.15) is 6.33 Å². The van der Waals surface area contributed by atoms with Crippen LogP contribution in [-0.2, 0) is 0 Å². The summed E-state index contributed by atoms with van der Waals surface area (Å²) in [4.78, 5) is 19.2. The van der Waals surface area contributed by atoms with Gasteiger partial charge in [-0.25, -0.2) is 4.98 Å². The first-order valence-electron chi connectivity index (χ1n) is 8.99. The Morgan fingerprint density at radius 1 is 1.39 bits per heavy atom. The van der Waals surface area contributed by atoms with Crippen LogP contribution in [0.15, 0.2) is 47.4 Å². The molecule has 0 unspecified atom stereocenters. The molecule has 0 spiro atoms. The van der Waals surface area contributed by atoms with E-state index < -0.39 is 0 Å². The van der Waals surface area contributed by atoms with E-state index in [0.717, 1.165) is 24.2 Å². The Hall–Kier alpha value is -3.62. The average Bonchev–Trinajstić information content (AvgIpc) is 3.45. The number of fused-ring (bicyclic) bond motifs is 2. The summed E-state index contributed by atoms with van der Waals surface area (Å²) >= 11 is 0. The Kier molecular flexibility index (Phi) is 3.85. The number of amides is 1. The van der Waals surface area contributed by atoms with Crippen molar-refractivity contribution in [3.8, 4) is 5.75 Å². The minimum atomic E-state index is -0.237. The molecule has 1 atom stereocenters. The summed E-state index contributed by atoms with van der Waals surface area (Å²) < 4.78 is 12.9. The van der Waals surface area contributed by atoms with Crippen molar-refractivity contribution in [2.24, 2.45) is 0 Å². The van der Waals surface area contributed by atoms with Gasteiger partial charge >= 0.3 is 0 Å². The van der Waals surface area contributed by atoms with E-state index in [1.807, 2.05) is 22.7 Å². The Bertz CT molecular complexity index is 1170. The monoisotopic (exact) mass is 378 g/mol. The Morgan fingerprint density at radius 2 is 2.32 bits per heavy atom. The van der Waals surface area contributed by atoms with Crippen molar-refractivity contribution in [3.05, 3.63) is 48.7 Å². The summed E-state index contributed by atoms with van der Waals surface area (Å²) in [7, 11) is 1.58. The van der Waals surface area contributed by atoms with Crippen LogP contribution in [0.5, 0.6) is 5.75 Å². The number of nitrogens with zero attached hydrogens (tertiary/aromatic N) is 5. The van der Waals surface area contributed by atoms with Crippen molar-refractivity contribution in [3.63, 3.8) is 0 Å². The van der Waals surface area contributed by atoms with Gasteiger partial charge in [-0.05, 0) is 18.6 Å². The molecule has 3 aromatic heterocycles. The van der Waals surface area contributed by atoms with Crippen molar-refractivity contribution in [2.75, 3.05) is 25.1 Å². The lowest BCUT2D eigenvalue weighted by atomic mass is 10.2. The summed E-state index contributed by atoms with van der Waals surface area (Å²) in [5.74, 6) is 1.41. The van der Waals surface area contributed by atoms with E-state index in [-0.39, 0.29) is 17.7 Å². The van der Waals surface area contributed by atoms with Gasteiger partial charge in [-0.3, -0.25) is 9.20 Å². The minimum absolute atomic E-state index is 0.00687. The zero-order valence-corrected chi connectivity index (χ0v) is 15.2. The van der Waals surface area contributed by atoms with Gasteiger partial charge in [0.15, 0.2) is 22.9 Å². The zero-order valence-electron chi connectivity index (χ0n) is 15.2. The first kappa shape index (κ1) is 16.5. The van der Waals surface area contributed by atoms with E-state index in [1.165, 1.54) is 0 Å². The first-order valence-corrected chi connectivity index (χ1v) is 8.99. The number of furan rings is 1. The van der Waals surface area contributed by atoms with Gasteiger partial charge < -0.3 is 19.4 Å². The van der Waals surface area contributed by atoms with Crippen LogP contribution >= 0.6 is 0 Å². The van der Waals surface area contributed by atoms with Crippen LogP contribution in [0.2, 0.25) is 0 Å². The molecule has 0 bridgehead atoms. The van der Waals surface area contributed by atoms with Crippen LogP contribution in [0.4, 0.5) is 5.82 Å². The fourth-order valence-electron chi connectivity index (χ4n) is 3.60. The third-order valence-corrected chi connectivity index (χ3v) is 4.97. The lowest BCUT2D eigenvalue weighted by Gasteiger charge is -2.17. The van der Waals surface area contributed by atoms with Crippen molar-refractivity contribution in [1.82, 2.24) is 24.9 Å². The maximum absolute atomic E-state index is 12.7. The number of hydrogen-bond donors (Lipinski definition) is 1. The predicted molar refractivity (Wildman–Crippen MR) is 102 cm³/mol. The second-order valence-electron chi connectivity index (χ2n) is 6.71. The highest BCUT2D eigenvalue weighted by Gasteiger charge is 2.28. The van der Waals surface area contributed by atoms with Gasteiger partial charge in [0.2, 0.25) is 5.65 Å². The molecular formula is C19H18N6O3. The smallest absolute Gasteiger partial charge is 0.287 e. The molecule has 9 nitrogen and oxygen atoms in total. The third kappa shape index (κ3) is 2.72. The molecule has 1 N–H and O–H groups in total. The normalized spacial score (nSPS) is 16.8. The van der Waals surface area contributed by atoms with Crippen LogP contribution in [0.1, 0.15) is 17.0 Å². The molecular weight excluding hydrogens is 360 g/mol. The Balaban J connectivity index is 1.32. The molecule has 1 aliphatic heterocycles. The van der Waals surface area contributed by atoms with Crippen LogP contribution in [-0.4, -0.2) is 51.7 Å². The second kappa shape index (κ2) is 6.52. The maximum atomic E-state index is 12.7. The summed E-state index contributed by atoms with van der Waals surface area (Å²) in [5.41, 5.74) is 1.28. The topological polar surface area (TPSA) is 97.8 Å². The fourth-order valence-corrected chi connectivity index (χ4v) is 3.60. The summed E-state index contributed by atoms with van der Waals surface area (Å²) in [6.07, 6.45) is 5.99. The number of carbonyl (C=O) groups is 1. The van der Waals surface area contributed by atoms with Crippen molar-refractivity contribution in [2.45, 2.75) is 12.5 Å². The highest BCUT2D eigenvalue weighted by atomic mass is 16.5. The predicted octanol–water partition coefficient (Wildman–Crippen LogP) is 1.89. The average molecular weight is 378 g/mol. The molecule has 142 valence electrons. The largest absolute Gasteiger partial charge is 0.493 e. The van der Waals surface area contributed by atoms with Gasteiger partial charge in [-0.15, -0.1) is 10.2 Å². The Labute approximate surface area is 159 Å². The van der Waals surface area contributed by atoms with E-state index in [9.17, 15) is 4.79 Å². The van der Waals surface area contributed by atoms with E-state index in [4.69, 9.17) is 9.15 Å². The SMILES string of the molecule is COc1cccc2cc(C(=O)N[C@@H]3CCN(c4nccn5cnnc45)C3)oc12. The van der Waals surface area contributed by atoms with E-state index in [2.05, 4.69) is 25.4 Å². The molecule has 1 aliphatic rings. The molecule has 28 heavy (non-hydrogen) atoms. The van der Waals surface area contributed by atoms with E-state index in [1.54, 1.807) is 31.8 Å². The van der Waals surface area contributed by atoms with E-state index in [0.29, 0.717) is 23.5 Å². The lowest BCUT2D eigenvalue weighted by molar-refractivity contribution is 0.0914. The number of benzene rings is 1. The summed E-state index contributed by atoms with van der Waals surface area (Å²) in [6.45, 7) is 1.42. The number of rotatable bonds is 4. The minimum Gasteiger partial charge on any atom is -0.493 e. The van der Waals surface area contributed by atoms with Gasteiger partial charge in [0.05, 0.1) is 7.11 Å². The fraction of sp³-hybridized carbons (Fsp3) is 0.263. The van der Waals surface area contributed by atoms with E-state index >= 15 is 0 Å². The number of carbonyl (C=O) groups excluding carboxylic acids is 1. The van der Waals surface area contributed by atoms with Gasteiger partial charge in [-0.1, -0.05) is 12.1 Å². The number of hydrogen-bond acceptors (Lipinski definition) is 7.